The molecule has 2 heterocycles. The van der Waals surface area contributed by atoms with Crippen LogP contribution < -0.4 is 4.74 Å². The van der Waals surface area contributed by atoms with Gasteiger partial charge in [0.05, 0.1) is 0 Å². The van der Waals surface area contributed by atoms with E-state index in [0.29, 0.717) is 23.0 Å². The van der Waals surface area contributed by atoms with Gasteiger partial charge in [-0.15, -0.1) is 18.2 Å². The summed E-state index contributed by atoms with van der Waals surface area (Å²) in [6.45, 7) is 0. The maximum absolute atomic E-state index is 10.1. The molecular weight excluding hydrogens is 583 g/mol. The van der Waals surface area contributed by atoms with Gasteiger partial charge in [-0.2, -0.15) is 0 Å². The molecule has 1 aromatic heterocycles. The number of aromatic nitrogens is 1. The second-order valence-electron chi connectivity index (χ2n) is 7.80. The molecule has 0 saturated heterocycles. The molecule has 0 spiro atoms. The Morgan fingerprint density at radius 2 is 1.84 bits per heavy atom. The van der Waals surface area contributed by atoms with Crippen LogP contribution in [0.3, 0.4) is 0 Å². The van der Waals surface area contributed by atoms with Gasteiger partial charge in [0.2, 0.25) is 5.88 Å². The van der Waals surface area contributed by atoms with E-state index in [-0.39, 0.29) is 39.0 Å². The molecule has 0 amide bonds. The van der Waals surface area contributed by atoms with E-state index in [9.17, 15) is 5.11 Å². The van der Waals surface area contributed by atoms with Crippen molar-refractivity contribution >= 4 is 16.8 Å². The number of phenols is 1. The van der Waals surface area contributed by atoms with Crippen LogP contribution in [-0.2, 0) is 32.2 Å². The largest absolute Gasteiger partial charge is 0.514 e. The van der Waals surface area contributed by atoms with Gasteiger partial charge in [-0.05, 0) is 36.1 Å². The fourth-order valence-corrected chi connectivity index (χ4v) is 4.33. The van der Waals surface area contributed by atoms with E-state index in [1.165, 1.54) is 11.1 Å². The number of para-hydroxylation sites is 1. The number of fused-ring (bicyclic) bond motifs is 4. The molecule has 6 heteroatoms. The molecule has 0 unspecified atom stereocenters. The molecule has 0 bridgehead atoms. The van der Waals surface area contributed by atoms with Gasteiger partial charge < -0.3 is 14.6 Å². The van der Waals surface area contributed by atoms with Crippen molar-refractivity contribution in [1.29, 1.82) is 0 Å². The average Bonchev–Trinajstić information content (AvgIpc) is 3.25. The molecule has 0 fully saturated rings. The Morgan fingerprint density at radius 1 is 0.969 bits per heavy atom. The summed E-state index contributed by atoms with van der Waals surface area (Å²) in [5.41, 5.74) is 3.86. The molecule has 1 N–H and O–H groups in total. The van der Waals surface area contributed by atoms with E-state index in [1.54, 1.807) is 18.2 Å². The Labute approximate surface area is 200 Å². The van der Waals surface area contributed by atoms with Crippen LogP contribution in [0.2, 0.25) is 0 Å². The first-order valence-electron chi connectivity index (χ1n) is 10.4. The molecule has 0 saturated carbocycles. The van der Waals surface area contributed by atoms with Crippen molar-refractivity contribution in [3.05, 3.63) is 95.6 Å². The molecule has 6 rings (SSSR count). The minimum absolute atomic E-state index is 0. The number of rotatable bonds is 3. The van der Waals surface area contributed by atoms with Crippen LogP contribution in [-0.4, -0.2) is 22.1 Å². The van der Waals surface area contributed by atoms with Gasteiger partial charge in [-0.3, -0.25) is 4.99 Å². The van der Waals surface area contributed by atoms with Gasteiger partial charge in [-0.1, -0.05) is 48.0 Å². The third-order valence-electron chi connectivity index (χ3n) is 5.83. The van der Waals surface area contributed by atoms with Crippen molar-refractivity contribution in [1.82, 2.24) is 4.98 Å². The van der Waals surface area contributed by atoms with E-state index in [1.807, 2.05) is 30.3 Å². The van der Waals surface area contributed by atoms with E-state index in [2.05, 4.69) is 35.3 Å². The first-order valence-corrected chi connectivity index (χ1v) is 10.4. The minimum Gasteiger partial charge on any atom is -0.514 e. The second kappa shape index (κ2) is 8.40. The summed E-state index contributed by atoms with van der Waals surface area (Å²) in [5, 5.41) is 10.9. The van der Waals surface area contributed by atoms with Gasteiger partial charge in [0.25, 0.3) is 0 Å². The fraction of sp³-hybridized carbons (Fsp3) is 0.154. The Balaban J connectivity index is 0.00000216. The number of nitrogens with zero attached hydrogens (tertiary/aromatic N) is 2. The zero-order chi connectivity index (χ0) is 20.8. The Hall–Kier alpha value is -3.17. The van der Waals surface area contributed by atoms with Crippen LogP contribution in [0.1, 0.15) is 29.2 Å². The summed E-state index contributed by atoms with van der Waals surface area (Å²) < 4.78 is 12.1. The van der Waals surface area contributed by atoms with E-state index in [0.717, 1.165) is 23.8 Å². The SMILES string of the molecule is Oc1cccc2ccc(Oc3[c-]c(C4=N[C@H]5c6ccccc6CC[C@H]5O4)ccc3)nc12.[Pt]. The van der Waals surface area contributed by atoms with Crippen molar-refractivity contribution in [2.75, 3.05) is 0 Å². The molecule has 4 aromatic rings. The molecule has 0 radical (unpaired) electrons. The first kappa shape index (κ1) is 20.7. The smallest absolute Gasteiger partial charge is 0.217 e. The first-order chi connectivity index (χ1) is 15.2. The van der Waals surface area contributed by atoms with Gasteiger partial charge >= 0.3 is 0 Å². The maximum atomic E-state index is 10.1. The van der Waals surface area contributed by atoms with Gasteiger partial charge in [0, 0.05) is 38.3 Å². The quantitative estimate of drug-likeness (QED) is 0.321. The van der Waals surface area contributed by atoms with Crippen LogP contribution in [0.4, 0.5) is 0 Å². The van der Waals surface area contributed by atoms with E-state index >= 15 is 0 Å². The molecular formula is C26H19N2O3Pt-. The summed E-state index contributed by atoms with van der Waals surface area (Å²) in [6.07, 6.45) is 2.02. The van der Waals surface area contributed by atoms with Gasteiger partial charge in [0.1, 0.15) is 29.3 Å². The van der Waals surface area contributed by atoms with Crippen molar-refractivity contribution in [2.24, 2.45) is 4.99 Å². The number of ether oxygens (including phenoxy) is 2. The number of aromatic hydroxyl groups is 1. The number of phenolic OH excluding ortho intramolecular Hbond substituents is 1. The van der Waals surface area contributed by atoms with Crippen molar-refractivity contribution in [3.63, 3.8) is 0 Å². The predicted molar refractivity (Wildman–Crippen MR) is 118 cm³/mol. The topological polar surface area (TPSA) is 63.9 Å². The van der Waals surface area contributed by atoms with Crippen molar-refractivity contribution in [2.45, 2.75) is 25.0 Å². The number of hydrogen-bond acceptors (Lipinski definition) is 5. The standard InChI is InChI=1S/C26H19N2O3.Pt/c29-21-10-4-6-17-12-14-23(27-24(17)21)30-19-8-3-7-18(15-19)26-28-25-20-9-2-1-5-16(20)11-13-22(25)31-26;/h1-10,12,14,22,25,29H,11,13H2;/q-1;/t22-,25+;/m1./s1. The molecule has 1 aliphatic carbocycles. The second-order valence-corrected chi connectivity index (χ2v) is 7.80. The number of benzene rings is 3. The summed E-state index contributed by atoms with van der Waals surface area (Å²) in [7, 11) is 0. The zero-order valence-corrected chi connectivity index (χ0v) is 19.2. The summed E-state index contributed by atoms with van der Waals surface area (Å²) in [4.78, 5) is 9.31. The fourth-order valence-electron chi connectivity index (χ4n) is 4.33. The van der Waals surface area contributed by atoms with Crippen LogP contribution in [0, 0.1) is 6.07 Å². The number of aryl methyl sites for hydroxylation is 1. The molecule has 162 valence electrons. The minimum atomic E-state index is 0. The zero-order valence-electron chi connectivity index (χ0n) is 17.0. The monoisotopic (exact) mass is 602 g/mol. The van der Waals surface area contributed by atoms with Crippen molar-refractivity contribution in [3.8, 4) is 17.4 Å². The summed E-state index contributed by atoms with van der Waals surface area (Å²) in [6, 6.07) is 26.3. The van der Waals surface area contributed by atoms with Gasteiger partial charge in [-0.25, -0.2) is 4.98 Å². The maximum Gasteiger partial charge on any atom is 0.217 e. The average molecular weight is 603 g/mol. The Bertz CT molecular complexity index is 1340. The molecule has 5 nitrogen and oxygen atoms in total. The van der Waals surface area contributed by atoms with E-state index < -0.39 is 0 Å². The van der Waals surface area contributed by atoms with Crippen molar-refractivity contribution < 1.29 is 35.6 Å². The number of hydrogen-bond donors (Lipinski definition) is 1. The molecule has 3 aromatic carbocycles. The third kappa shape index (κ3) is 3.67. The normalized spacial score (nSPS) is 18.7. The molecule has 32 heavy (non-hydrogen) atoms. The van der Waals surface area contributed by atoms with E-state index in [4.69, 9.17) is 14.5 Å². The number of aliphatic imine (C=N–C) groups is 1. The molecule has 1 aliphatic heterocycles. The predicted octanol–water partition coefficient (Wildman–Crippen LogP) is 5.36. The van der Waals surface area contributed by atoms with Crippen LogP contribution in [0.15, 0.2) is 77.8 Å². The van der Waals surface area contributed by atoms with Crippen LogP contribution >= 0.6 is 0 Å². The van der Waals surface area contributed by atoms with Crippen LogP contribution in [0.5, 0.6) is 17.4 Å². The summed E-state index contributed by atoms with van der Waals surface area (Å²) >= 11 is 0. The Morgan fingerprint density at radius 3 is 2.78 bits per heavy atom. The van der Waals surface area contributed by atoms with Gasteiger partial charge in [0.15, 0.2) is 0 Å². The third-order valence-corrected chi connectivity index (χ3v) is 5.83. The summed E-state index contributed by atoms with van der Waals surface area (Å²) in [5.74, 6) is 1.62. The molecule has 2 atom stereocenters. The molecule has 2 aliphatic rings. The van der Waals surface area contributed by atoms with Crippen LogP contribution in [0.25, 0.3) is 10.9 Å². The Kier molecular flexibility index (Phi) is 5.44. The number of pyridine rings is 1.